The number of carboxylic acids is 1. The lowest BCUT2D eigenvalue weighted by Crippen LogP contribution is -2.63. The summed E-state index contributed by atoms with van der Waals surface area (Å²) in [5.74, 6) is -10.2. The highest BCUT2D eigenvalue weighted by Crippen LogP contribution is 2.47. The molecule has 12 rings (SSSR count). The number of nitrogens with zero attached hydrogens (tertiary/aromatic N) is 5. The number of carbonyl (C=O) groups excluding carboxylic acids is 11. The molecule has 119 heavy (non-hydrogen) atoms. The second kappa shape index (κ2) is 39.9. The van der Waals surface area contributed by atoms with E-state index in [2.05, 4.69) is 47.9 Å². The highest BCUT2D eigenvalue weighted by atomic mass is 32.1. The van der Waals surface area contributed by atoms with Gasteiger partial charge < -0.3 is 105 Å². The largest absolute Gasteiger partial charge is 0.480 e. The summed E-state index contributed by atoms with van der Waals surface area (Å²) >= 11 is 1.26. The van der Waals surface area contributed by atoms with Crippen molar-refractivity contribution < 1.29 is 77.6 Å². The molecule has 4 saturated heterocycles. The molecular weight excluding hydrogens is 1550 g/mol. The molecule has 6 fully saturated rings. The molecule has 3 aromatic carbocycles. The van der Waals surface area contributed by atoms with Gasteiger partial charge in [-0.25, -0.2) is 9.59 Å². The van der Waals surface area contributed by atoms with E-state index < -0.39 is 157 Å². The fourth-order valence-corrected chi connectivity index (χ4v) is 19.6. The fraction of sp³-hybridized carbons (Fsp3) is 0.549. The number of rotatable bonds is 34. The molecule has 0 spiro atoms. The Balaban J connectivity index is 0.695. The van der Waals surface area contributed by atoms with E-state index in [0.29, 0.717) is 42.5 Å². The normalized spacial score (nSPS) is 23.3. The van der Waals surface area contributed by atoms with Crippen molar-refractivity contribution in [1.82, 2.24) is 72.4 Å². The van der Waals surface area contributed by atoms with Crippen molar-refractivity contribution in [2.45, 2.75) is 219 Å². The summed E-state index contributed by atoms with van der Waals surface area (Å²) in [5, 5.41) is 81.4. The van der Waals surface area contributed by atoms with Gasteiger partial charge in [0, 0.05) is 81.4 Å². The number of amides is 11. The van der Waals surface area contributed by atoms with Crippen LogP contribution in [0.3, 0.4) is 0 Å². The summed E-state index contributed by atoms with van der Waals surface area (Å²) in [6, 6.07) is 12.6. The third-order valence-electron chi connectivity index (χ3n) is 24.5. The molecule has 11 amide bonds. The van der Waals surface area contributed by atoms with Crippen LogP contribution in [-0.4, -0.2) is 260 Å². The zero-order valence-electron chi connectivity index (χ0n) is 66.4. The molecule has 8 aliphatic rings. The SMILES string of the molecule is N=C(N)NCCC[C@H](NC(=O)[C@@H]1C[C@@H]2CCCC[C@@H]2N1C(=O)C1Cc2ccccc2CN1C(=O)[C@H](CO)NC(=O)[C@H](Cc1cccs1)NC(=O)CNC(=O)[C@@H]1C[C@@H](O)CN1C(=O)[C@@H]1CCCN1C(=O)[C@H](CCCNC(=N)N)NC(=O)[C@@H](CCCNC(=N)N)NC(=O)[C@@H]1CC2CCCC2N1C(=O)OCC1c2ccccc2-c2ccccc21)C(=O)O. The van der Waals surface area contributed by atoms with E-state index in [1.807, 2.05) is 54.6 Å². The number of hydrogen-bond acceptors (Lipinski definition) is 19. The van der Waals surface area contributed by atoms with E-state index in [4.69, 9.17) is 38.2 Å². The van der Waals surface area contributed by atoms with Crippen molar-refractivity contribution in [1.29, 1.82) is 16.2 Å². The number of β-amino-alcohol motifs (C(OH)–C–C–N with tert-alkyl or cyclic N) is 1. The number of aliphatic hydroxyl groups is 2. The van der Waals surface area contributed by atoms with E-state index in [9.17, 15) is 58.5 Å². The summed E-state index contributed by atoms with van der Waals surface area (Å²) in [4.78, 5) is 182. The molecule has 0 bridgehead atoms. The Morgan fingerprint density at radius 2 is 1.08 bits per heavy atom. The minimum atomic E-state index is -1.70. The third-order valence-corrected chi connectivity index (χ3v) is 25.4. The number of fused-ring (bicyclic) bond motifs is 6. The zero-order chi connectivity index (χ0) is 84.7. The minimum Gasteiger partial charge on any atom is -0.480 e. The second-order valence-electron chi connectivity index (χ2n) is 32.2. The van der Waals surface area contributed by atoms with Gasteiger partial charge in [0.2, 0.25) is 59.1 Å². The molecule has 37 heteroatoms. The Kier molecular flexibility index (Phi) is 29.1. The molecule has 640 valence electrons. The highest BCUT2D eigenvalue weighted by Gasteiger charge is 2.54. The van der Waals surface area contributed by atoms with Gasteiger partial charge in [0.15, 0.2) is 17.9 Å². The first-order valence-electron chi connectivity index (χ1n) is 41.3. The van der Waals surface area contributed by atoms with E-state index in [1.54, 1.807) is 35.7 Å². The van der Waals surface area contributed by atoms with Gasteiger partial charge in [0.1, 0.15) is 67.0 Å². The van der Waals surface area contributed by atoms with Gasteiger partial charge in [0.25, 0.3) is 0 Å². The van der Waals surface area contributed by atoms with Crippen molar-refractivity contribution in [3.05, 3.63) is 117 Å². The maximum atomic E-state index is 15.5. The molecular formula is C82H110N20O16S. The van der Waals surface area contributed by atoms with Crippen LogP contribution >= 0.6 is 11.3 Å². The maximum Gasteiger partial charge on any atom is 0.410 e. The Bertz CT molecular complexity index is 4390. The summed E-state index contributed by atoms with van der Waals surface area (Å²) in [6.45, 7) is -1.78. The van der Waals surface area contributed by atoms with Crippen LogP contribution in [0, 0.1) is 28.1 Å². The fourth-order valence-electron chi connectivity index (χ4n) is 18.8. The van der Waals surface area contributed by atoms with Crippen LogP contribution in [0.25, 0.3) is 11.1 Å². The molecule has 5 aliphatic heterocycles. The number of thiophene rings is 1. The Labute approximate surface area is 692 Å². The number of benzene rings is 3. The predicted molar refractivity (Wildman–Crippen MR) is 436 cm³/mol. The van der Waals surface area contributed by atoms with Crippen molar-refractivity contribution in [3.63, 3.8) is 0 Å². The molecule has 3 aliphatic carbocycles. The van der Waals surface area contributed by atoms with E-state index in [-0.39, 0.29) is 158 Å². The average Bonchev–Trinajstić information content (AvgIpc) is 1.68. The number of ether oxygens (including phenoxy) is 1. The number of nitrogens with one attached hydrogen (secondary N) is 12. The van der Waals surface area contributed by atoms with Crippen molar-refractivity contribution in [2.75, 3.05) is 52.5 Å². The molecule has 6 heterocycles. The summed E-state index contributed by atoms with van der Waals surface area (Å²) in [6.07, 6.45) is 4.27. The monoisotopic (exact) mass is 1660 g/mol. The van der Waals surface area contributed by atoms with Crippen LogP contribution in [-0.2, 0) is 76.9 Å². The predicted octanol–water partition coefficient (Wildman–Crippen LogP) is -0.0444. The van der Waals surface area contributed by atoms with Crippen LogP contribution in [0.4, 0.5) is 4.79 Å². The molecule has 1 aromatic heterocycles. The standard InChI is InChI=1S/C82H110N20O16S/c83-79(84)89-30-10-24-56(94-73(110)66-37-47-18-9-28-62(47)102(66)82(117)118-44-55-53-22-6-4-20-51(53)52-21-5-7-23-54(52)55)69(106)95-57(25-11-31-90-80(85)86)74(111)98-33-13-29-63(98)76(113)100-42-49(104)38-64(100)71(108)92-40-68(105)93-59(39-50-19-14-34-119-50)70(107)97-60(43-103)75(112)99-41-48-17-2-1-15-45(48)35-67(99)77(114)101-61-27-8-3-16-46(61)36-65(101)72(109)96-58(78(115)116)26-12-32-91-81(87)88/h1-2,4-7,14-15,17,19-23,34,46-47,49,55-67,103-104H,3,8-13,16,18,24-33,35-44H2,(H,92,108)(H,93,105)(H,94,110)(H,95,106)(H,96,109)(H,97,107)(H,115,116)(H4,83,84,89)(H4,85,86,90)(H4,87,88,91)/t46-,47?,49+,56+,57-,58-,59-,60-,61-,62?,63-,64-,65-,66-,67?/m0/s1. The Morgan fingerprint density at radius 3 is 1.71 bits per heavy atom. The molecule has 4 aromatic rings. The minimum absolute atomic E-state index is 0.0103. The van der Waals surface area contributed by atoms with Crippen LogP contribution in [0.5, 0.6) is 0 Å². The number of hydrogen-bond donors (Lipinski definition) is 18. The lowest BCUT2D eigenvalue weighted by Gasteiger charge is -2.42. The summed E-state index contributed by atoms with van der Waals surface area (Å²) < 4.78 is 6.16. The first-order valence-corrected chi connectivity index (χ1v) is 42.1. The van der Waals surface area contributed by atoms with E-state index >= 15 is 14.4 Å². The number of likely N-dealkylation sites (tertiary alicyclic amines) is 4. The summed E-state index contributed by atoms with van der Waals surface area (Å²) in [7, 11) is 0. The smallest absolute Gasteiger partial charge is 0.410 e. The number of carbonyl (C=O) groups is 12. The highest BCUT2D eigenvalue weighted by molar-refractivity contribution is 7.09. The average molecular weight is 1660 g/mol. The molecule has 2 saturated carbocycles. The molecule has 0 radical (unpaired) electrons. The number of guanidine groups is 3. The number of carboxylic acid groups (broad SMARTS) is 1. The molecule has 21 N–H and O–H groups in total. The van der Waals surface area contributed by atoms with Gasteiger partial charge in [-0.3, -0.25) is 69.1 Å². The summed E-state index contributed by atoms with van der Waals surface area (Å²) in [5.41, 5.74) is 22.2. The Hall–Kier alpha value is -11.5. The first kappa shape index (κ1) is 86.9. The van der Waals surface area contributed by atoms with Gasteiger partial charge in [-0.2, -0.15) is 0 Å². The van der Waals surface area contributed by atoms with Crippen LogP contribution in [0.1, 0.15) is 149 Å². The molecule has 3 unspecified atom stereocenters. The number of nitrogens with two attached hydrogens (primary N) is 3. The number of aliphatic carboxylic acids is 1. The van der Waals surface area contributed by atoms with Crippen molar-refractivity contribution >= 4 is 100 Å². The molecule has 36 nitrogen and oxygen atoms in total. The van der Waals surface area contributed by atoms with Gasteiger partial charge in [-0.1, -0.05) is 98.1 Å². The van der Waals surface area contributed by atoms with E-state index in [1.165, 1.54) is 30.9 Å². The van der Waals surface area contributed by atoms with Crippen molar-refractivity contribution in [2.24, 2.45) is 29.0 Å². The van der Waals surface area contributed by atoms with Crippen LogP contribution < -0.4 is 65.1 Å². The quantitative estimate of drug-likeness (QED) is 0.0166. The lowest BCUT2D eigenvalue weighted by molar-refractivity contribution is -0.153. The first-order chi connectivity index (χ1) is 57.3. The third kappa shape index (κ3) is 20.8. The molecule has 15 atom stereocenters. The van der Waals surface area contributed by atoms with Gasteiger partial charge in [-0.15, -0.1) is 11.3 Å². The van der Waals surface area contributed by atoms with Gasteiger partial charge >= 0.3 is 12.1 Å². The van der Waals surface area contributed by atoms with E-state index in [0.717, 1.165) is 58.4 Å². The van der Waals surface area contributed by atoms with Gasteiger partial charge in [0.05, 0.1) is 19.3 Å². The zero-order valence-corrected chi connectivity index (χ0v) is 67.2. The Morgan fingerprint density at radius 1 is 0.521 bits per heavy atom. The van der Waals surface area contributed by atoms with Crippen LogP contribution in [0.2, 0.25) is 0 Å². The number of aliphatic hydroxyl groups excluding tert-OH is 2. The maximum absolute atomic E-state index is 15.5. The topological polar surface area (TPSA) is 549 Å². The van der Waals surface area contributed by atoms with Crippen LogP contribution in [0.15, 0.2) is 90.3 Å². The van der Waals surface area contributed by atoms with Crippen molar-refractivity contribution in [3.8, 4) is 11.1 Å². The second-order valence-corrected chi connectivity index (χ2v) is 33.2. The van der Waals surface area contributed by atoms with Gasteiger partial charge in [-0.05, 0) is 147 Å². The lowest BCUT2D eigenvalue weighted by atomic mass is 9.84.